The van der Waals surface area contributed by atoms with Crippen molar-refractivity contribution in [2.75, 3.05) is 31.2 Å². The zero-order valence-corrected chi connectivity index (χ0v) is 15.3. The largest absolute Gasteiger partial charge is 0.480 e. The van der Waals surface area contributed by atoms with Crippen LogP contribution in [-0.2, 0) is 19.4 Å². The molecule has 1 fully saturated rings. The van der Waals surface area contributed by atoms with Crippen molar-refractivity contribution in [3.05, 3.63) is 34.9 Å². The quantitative estimate of drug-likeness (QED) is 0.818. The monoisotopic (exact) mass is 375 g/mol. The second-order valence-corrected chi connectivity index (χ2v) is 9.16. The van der Waals surface area contributed by atoms with Crippen molar-refractivity contribution in [2.45, 2.75) is 25.5 Å². The molecule has 0 aromatic heterocycles. The minimum atomic E-state index is -3.63. The maximum absolute atomic E-state index is 11.8. The molecule has 1 aliphatic rings. The summed E-state index contributed by atoms with van der Waals surface area (Å²) in [5, 5.41) is 9.29. The Bertz CT molecular complexity index is 704. The van der Waals surface area contributed by atoms with Crippen LogP contribution in [0, 0.1) is 0 Å². The maximum Gasteiger partial charge on any atom is 0.318 e. The standard InChI is InChI=1S/C16H22ClNO5S/c1-16(2)11-23-14(12-5-3-4-6-13(12)17)9-18(16)7-8-24(21,22)10-15(19)20/h3-6,14H,7-11H2,1-2H3,(H,19,20). The van der Waals surface area contributed by atoms with E-state index in [9.17, 15) is 13.2 Å². The highest BCUT2D eigenvalue weighted by molar-refractivity contribution is 7.92. The van der Waals surface area contributed by atoms with E-state index in [2.05, 4.69) is 0 Å². The molecule has 0 bridgehead atoms. The van der Waals surface area contributed by atoms with Crippen molar-refractivity contribution in [1.82, 2.24) is 4.90 Å². The van der Waals surface area contributed by atoms with E-state index in [1.165, 1.54) is 0 Å². The van der Waals surface area contributed by atoms with Gasteiger partial charge in [0.25, 0.3) is 0 Å². The lowest BCUT2D eigenvalue weighted by Crippen LogP contribution is -2.55. The number of aliphatic carboxylic acids is 1. The van der Waals surface area contributed by atoms with Gasteiger partial charge in [0.2, 0.25) is 0 Å². The summed E-state index contributed by atoms with van der Waals surface area (Å²) in [4.78, 5) is 12.7. The summed E-state index contributed by atoms with van der Waals surface area (Å²) in [5.74, 6) is -2.37. The Morgan fingerprint density at radius 2 is 2.08 bits per heavy atom. The van der Waals surface area contributed by atoms with Crippen LogP contribution in [0.25, 0.3) is 0 Å². The third kappa shape index (κ3) is 4.92. The molecule has 1 aromatic rings. The van der Waals surface area contributed by atoms with Gasteiger partial charge in [0.1, 0.15) is 5.75 Å². The number of carbonyl (C=O) groups is 1. The molecule has 134 valence electrons. The van der Waals surface area contributed by atoms with E-state index in [-0.39, 0.29) is 23.9 Å². The van der Waals surface area contributed by atoms with E-state index < -0.39 is 21.6 Å². The number of morpholine rings is 1. The number of hydrogen-bond acceptors (Lipinski definition) is 5. The number of benzene rings is 1. The smallest absolute Gasteiger partial charge is 0.318 e. The number of nitrogens with zero attached hydrogens (tertiary/aromatic N) is 1. The van der Waals surface area contributed by atoms with Gasteiger partial charge in [0.15, 0.2) is 9.84 Å². The summed E-state index contributed by atoms with van der Waals surface area (Å²) in [5.41, 5.74) is 0.532. The molecule has 0 radical (unpaired) electrons. The average molecular weight is 376 g/mol. The van der Waals surface area contributed by atoms with Crippen LogP contribution in [0.5, 0.6) is 0 Å². The molecule has 6 nitrogen and oxygen atoms in total. The molecule has 24 heavy (non-hydrogen) atoms. The van der Waals surface area contributed by atoms with Crippen molar-refractivity contribution in [1.29, 1.82) is 0 Å². The summed E-state index contributed by atoms with van der Waals surface area (Å²) in [7, 11) is -3.63. The molecule has 1 atom stereocenters. The Morgan fingerprint density at radius 1 is 1.42 bits per heavy atom. The number of carboxylic acid groups (broad SMARTS) is 1. The van der Waals surface area contributed by atoms with Crippen molar-refractivity contribution in [2.24, 2.45) is 0 Å². The van der Waals surface area contributed by atoms with Crippen molar-refractivity contribution < 1.29 is 23.1 Å². The first-order valence-corrected chi connectivity index (χ1v) is 9.84. The van der Waals surface area contributed by atoms with Gasteiger partial charge in [-0.25, -0.2) is 8.42 Å². The lowest BCUT2D eigenvalue weighted by Gasteiger charge is -2.45. The number of halogens is 1. The van der Waals surface area contributed by atoms with E-state index >= 15 is 0 Å². The van der Waals surface area contributed by atoms with Crippen LogP contribution >= 0.6 is 11.6 Å². The average Bonchev–Trinajstić information content (AvgIpc) is 2.45. The Kier molecular flexibility index (Phi) is 5.91. The van der Waals surface area contributed by atoms with E-state index in [0.717, 1.165) is 5.56 Å². The van der Waals surface area contributed by atoms with Crippen LogP contribution in [0.4, 0.5) is 0 Å². The number of ether oxygens (including phenoxy) is 1. The zero-order chi connectivity index (χ0) is 18.0. The minimum absolute atomic E-state index is 0.196. The topological polar surface area (TPSA) is 83.9 Å². The lowest BCUT2D eigenvalue weighted by atomic mass is 9.98. The van der Waals surface area contributed by atoms with Crippen molar-refractivity contribution in [3.63, 3.8) is 0 Å². The maximum atomic E-state index is 11.8. The van der Waals surface area contributed by atoms with Gasteiger partial charge in [0.05, 0.1) is 18.5 Å². The second-order valence-electron chi connectivity index (χ2n) is 6.57. The molecular weight excluding hydrogens is 354 g/mol. The van der Waals surface area contributed by atoms with Gasteiger partial charge in [-0.3, -0.25) is 9.69 Å². The molecule has 1 unspecified atom stereocenters. The second kappa shape index (κ2) is 7.39. The van der Waals surface area contributed by atoms with Crippen molar-refractivity contribution in [3.8, 4) is 0 Å². The van der Waals surface area contributed by atoms with Crippen LogP contribution in [-0.4, -0.2) is 61.1 Å². The number of rotatable bonds is 6. The SMILES string of the molecule is CC1(C)COC(c2ccccc2Cl)CN1CCS(=O)(=O)CC(=O)O. The Hall–Kier alpha value is -1.15. The third-order valence-electron chi connectivity index (χ3n) is 4.15. The Morgan fingerprint density at radius 3 is 2.71 bits per heavy atom. The van der Waals surface area contributed by atoms with E-state index in [4.69, 9.17) is 21.4 Å². The molecule has 0 saturated carbocycles. The van der Waals surface area contributed by atoms with Gasteiger partial charge in [-0.15, -0.1) is 0 Å². The highest BCUT2D eigenvalue weighted by atomic mass is 35.5. The highest BCUT2D eigenvalue weighted by Gasteiger charge is 2.36. The van der Waals surface area contributed by atoms with Gasteiger partial charge in [-0.05, 0) is 19.9 Å². The fraction of sp³-hybridized carbons (Fsp3) is 0.562. The summed E-state index contributed by atoms with van der Waals surface area (Å²) in [6.45, 7) is 5.13. The first kappa shape index (κ1) is 19.2. The van der Waals surface area contributed by atoms with Crippen LogP contribution in [0.15, 0.2) is 24.3 Å². The fourth-order valence-electron chi connectivity index (χ4n) is 2.72. The minimum Gasteiger partial charge on any atom is -0.480 e. The molecule has 2 rings (SSSR count). The number of sulfone groups is 1. The summed E-state index contributed by atoms with van der Waals surface area (Å²) in [6, 6.07) is 7.41. The molecule has 1 heterocycles. The van der Waals surface area contributed by atoms with Gasteiger partial charge in [0, 0.05) is 29.2 Å². The van der Waals surface area contributed by atoms with E-state index in [1.807, 2.05) is 36.9 Å². The summed E-state index contributed by atoms with van der Waals surface area (Å²) < 4.78 is 29.6. The predicted molar refractivity (Wildman–Crippen MR) is 92.1 cm³/mol. The summed E-state index contributed by atoms with van der Waals surface area (Å²) in [6.07, 6.45) is -0.242. The Balaban J connectivity index is 2.09. The molecule has 0 amide bonds. The van der Waals surface area contributed by atoms with E-state index in [1.54, 1.807) is 6.07 Å². The zero-order valence-electron chi connectivity index (χ0n) is 13.7. The molecule has 1 N–H and O–H groups in total. The van der Waals surface area contributed by atoms with Gasteiger partial charge in [-0.1, -0.05) is 29.8 Å². The van der Waals surface area contributed by atoms with Gasteiger partial charge in [-0.2, -0.15) is 0 Å². The highest BCUT2D eigenvalue weighted by Crippen LogP contribution is 2.33. The first-order chi connectivity index (χ1) is 11.1. The van der Waals surface area contributed by atoms with E-state index in [0.29, 0.717) is 18.2 Å². The summed E-state index contributed by atoms with van der Waals surface area (Å²) >= 11 is 6.22. The first-order valence-electron chi connectivity index (χ1n) is 7.64. The molecule has 1 aliphatic heterocycles. The molecule has 0 aliphatic carbocycles. The van der Waals surface area contributed by atoms with Crippen LogP contribution < -0.4 is 0 Å². The predicted octanol–water partition coefficient (Wildman–Crippen LogP) is 1.99. The van der Waals surface area contributed by atoms with Crippen LogP contribution in [0.2, 0.25) is 5.02 Å². The van der Waals surface area contributed by atoms with Gasteiger partial charge < -0.3 is 9.84 Å². The normalized spacial score (nSPS) is 21.5. The van der Waals surface area contributed by atoms with Crippen LogP contribution in [0.3, 0.4) is 0 Å². The molecular formula is C16H22ClNO5S. The van der Waals surface area contributed by atoms with Crippen LogP contribution in [0.1, 0.15) is 25.5 Å². The van der Waals surface area contributed by atoms with Crippen molar-refractivity contribution >= 4 is 27.4 Å². The number of hydrogen-bond donors (Lipinski definition) is 1. The third-order valence-corrected chi connectivity index (χ3v) is 5.98. The van der Waals surface area contributed by atoms with Gasteiger partial charge >= 0.3 is 5.97 Å². The molecule has 1 saturated heterocycles. The Labute approximate surface area is 147 Å². The fourth-order valence-corrected chi connectivity index (χ4v) is 4.00. The molecule has 1 aromatic carbocycles. The number of carboxylic acids is 1. The molecule has 8 heteroatoms. The lowest BCUT2D eigenvalue weighted by molar-refractivity contribution is -0.134. The molecule has 0 spiro atoms.